The molecule has 0 saturated heterocycles. The van der Waals surface area contributed by atoms with Gasteiger partial charge in [-0.15, -0.1) is 0 Å². The summed E-state index contributed by atoms with van der Waals surface area (Å²) in [5.41, 5.74) is 7.58. The molecule has 2 aromatic carbocycles. The molecule has 0 spiro atoms. The van der Waals surface area contributed by atoms with E-state index in [2.05, 4.69) is 74.4 Å². The maximum absolute atomic E-state index is 3.14. The van der Waals surface area contributed by atoms with E-state index in [1.807, 2.05) is 7.05 Å². The van der Waals surface area contributed by atoms with Crippen molar-refractivity contribution < 1.29 is 0 Å². The van der Waals surface area contributed by atoms with Crippen molar-refractivity contribution in [3.05, 3.63) is 53.1 Å². The Kier molecular flexibility index (Phi) is 3.79. The molecule has 0 aliphatic rings. The third kappa shape index (κ3) is 2.73. The van der Waals surface area contributed by atoms with Gasteiger partial charge in [-0.1, -0.05) is 17.7 Å². The summed E-state index contributed by atoms with van der Waals surface area (Å²) in [7, 11) is 4.06. The zero-order valence-corrected chi connectivity index (χ0v) is 12.4. The van der Waals surface area contributed by atoms with Crippen LogP contribution in [0.5, 0.6) is 0 Å². The van der Waals surface area contributed by atoms with Crippen LogP contribution in [-0.4, -0.2) is 14.1 Å². The molecule has 0 atom stereocenters. The van der Waals surface area contributed by atoms with Crippen molar-refractivity contribution in [2.45, 2.75) is 20.8 Å². The van der Waals surface area contributed by atoms with Gasteiger partial charge in [0, 0.05) is 31.2 Å². The van der Waals surface area contributed by atoms with Crippen LogP contribution in [0.3, 0.4) is 0 Å². The van der Waals surface area contributed by atoms with E-state index in [1.54, 1.807) is 0 Å². The van der Waals surface area contributed by atoms with Crippen LogP contribution in [0.2, 0.25) is 0 Å². The fourth-order valence-corrected chi connectivity index (χ4v) is 2.68. The first-order chi connectivity index (χ1) is 9.02. The third-order valence-electron chi connectivity index (χ3n) is 3.51. The lowest BCUT2D eigenvalue weighted by Gasteiger charge is -2.24. The van der Waals surface area contributed by atoms with Gasteiger partial charge in [-0.2, -0.15) is 0 Å². The molecule has 0 fully saturated rings. The van der Waals surface area contributed by atoms with Crippen LogP contribution < -0.4 is 10.2 Å². The molecule has 0 aromatic heterocycles. The first-order valence-electron chi connectivity index (χ1n) is 6.62. The smallest absolute Gasteiger partial charge is 0.0467 e. The minimum absolute atomic E-state index is 1.13. The Labute approximate surface area is 116 Å². The van der Waals surface area contributed by atoms with Crippen molar-refractivity contribution in [1.82, 2.24) is 0 Å². The zero-order valence-electron chi connectivity index (χ0n) is 12.4. The topological polar surface area (TPSA) is 15.3 Å². The second-order valence-corrected chi connectivity index (χ2v) is 5.10. The van der Waals surface area contributed by atoms with Crippen LogP contribution in [-0.2, 0) is 0 Å². The molecule has 0 radical (unpaired) electrons. The number of nitrogens with one attached hydrogen (secondary N) is 1. The van der Waals surface area contributed by atoms with Gasteiger partial charge in [-0.05, 0) is 56.2 Å². The third-order valence-corrected chi connectivity index (χ3v) is 3.51. The van der Waals surface area contributed by atoms with Crippen LogP contribution in [0.15, 0.2) is 36.4 Å². The molecule has 0 heterocycles. The summed E-state index contributed by atoms with van der Waals surface area (Å²) in [5.74, 6) is 0. The summed E-state index contributed by atoms with van der Waals surface area (Å²) in [6, 6.07) is 13.0. The maximum atomic E-state index is 3.14. The van der Waals surface area contributed by atoms with Crippen LogP contribution in [0.4, 0.5) is 17.1 Å². The summed E-state index contributed by atoms with van der Waals surface area (Å²) >= 11 is 0. The van der Waals surface area contributed by atoms with Gasteiger partial charge >= 0.3 is 0 Å². The Morgan fingerprint density at radius 2 is 1.42 bits per heavy atom. The molecule has 1 N–H and O–H groups in total. The van der Waals surface area contributed by atoms with Gasteiger partial charge in [-0.25, -0.2) is 0 Å². The van der Waals surface area contributed by atoms with Gasteiger partial charge in [-0.3, -0.25) is 0 Å². The fraction of sp³-hybridized carbons (Fsp3) is 0.294. The predicted molar refractivity (Wildman–Crippen MR) is 84.7 cm³/mol. The van der Waals surface area contributed by atoms with Crippen molar-refractivity contribution in [2.75, 3.05) is 24.3 Å². The Balaban J connectivity index is 2.40. The molecule has 0 amide bonds. The Hall–Kier alpha value is -1.96. The summed E-state index contributed by atoms with van der Waals surface area (Å²) in [6.45, 7) is 6.49. The highest BCUT2D eigenvalue weighted by atomic mass is 15.1. The fourth-order valence-electron chi connectivity index (χ4n) is 2.68. The van der Waals surface area contributed by atoms with E-state index in [4.69, 9.17) is 0 Å². The monoisotopic (exact) mass is 254 g/mol. The number of hydrogen-bond acceptors (Lipinski definition) is 2. The molecule has 0 aliphatic heterocycles. The summed E-state index contributed by atoms with van der Waals surface area (Å²) in [6.07, 6.45) is 0. The average Bonchev–Trinajstić information content (AvgIpc) is 2.37. The maximum Gasteiger partial charge on any atom is 0.0467 e. The lowest BCUT2D eigenvalue weighted by Crippen LogP contribution is -2.12. The van der Waals surface area contributed by atoms with Gasteiger partial charge in [0.15, 0.2) is 0 Å². The standard InChI is InChI=1S/C17H22N2/c1-12-10-13(2)17(14(3)11-12)19(5)16-8-6-15(18-4)7-9-16/h6-11,18H,1-5H3. The molecule has 2 nitrogen and oxygen atoms in total. The predicted octanol–water partition coefficient (Wildman–Crippen LogP) is 4.42. The van der Waals surface area contributed by atoms with Gasteiger partial charge in [0.2, 0.25) is 0 Å². The molecule has 0 unspecified atom stereocenters. The van der Waals surface area contributed by atoms with E-state index in [0.29, 0.717) is 0 Å². The normalized spacial score (nSPS) is 10.4. The lowest BCUT2D eigenvalue weighted by atomic mass is 10.0. The molecule has 2 aromatic rings. The quantitative estimate of drug-likeness (QED) is 0.872. The molecular formula is C17H22N2. The number of benzene rings is 2. The van der Waals surface area contributed by atoms with Crippen molar-refractivity contribution in [3.63, 3.8) is 0 Å². The summed E-state index contributed by atoms with van der Waals surface area (Å²) in [5, 5.41) is 3.14. The number of nitrogens with zero attached hydrogens (tertiary/aromatic N) is 1. The number of aryl methyl sites for hydroxylation is 3. The van der Waals surface area contributed by atoms with Gasteiger partial charge in [0.1, 0.15) is 0 Å². The SMILES string of the molecule is CNc1ccc(N(C)c2c(C)cc(C)cc2C)cc1. The van der Waals surface area contributed by atoms with Crippen LogP contribution in [0.1, 0.15) is 16.7 Å². The Morgan fingerprint density at radius 1 is 0.895 bits per heavy atom. The zero-order chi connectivity index (χ0) is 14.0. The van der Waals surface area contributed by atoms with Gasteiger partial charge in [0.25, 0.3) is 0 Å². The molecule has 0 bridgehead atoms. The molecule has 100 valence electrons. The van der Waals surface area contributed by atoms with Crippen LogP contribution in [0, 0.1) is 20.8 Å². The number of rotatable bonds is 3. The minimum atomic E-state index is 1.13. The molecular weight excluding hydrogens is 232 g/mol. The van der Waals surface area contributed by atoms with Gasteiger partial charge in [0.05, 0.1) is 0 Å². The lowest BCUT2D eigenvalue weighted by molar-refractivity contribution is 1.15. The van der Waals surface area contributed by atoms with Crippen molar-refractivity contribution >= 4 is 17.1 Å². The Bertz CT molecular complexity index is 547. The largest absolute Gasteiger partial charge is 0.388 e. The van der Waals surface area contributed by atoms with E-state index < -0.39 is 0 Å². The molecule has 19 heavy (non-hydrogen) atoms. The van der Waals surface area contributed by atoms with Crippen molar-refractivity contribution in [1.29, 1.82) is 0 Å². The van der Waals surface area contributed by atoms with Crippen LogP contribution >= 0.6 is 0 Å². The highest BCUT2D eigenvalue weighted by Gasteiger charge is 2.10. The van der Waals surface area contributed by atoms with E-state index in [1.165, 1.54) is 28.1 Å². The molecule has 0 aliphatic carbocycles. The highest BCUT2D eigenvalue weighted by molar-refractivity contribution is 5.70. The second kappa shape index (κ2) is 5.35. The first kappa shape index (κ1) is 13.5. The average molecular weight is 254 g/mol. The number of hydrogen-bond donors (Lipinski definition) is 1. The summed E-state index contributed by atoms with van der Waals surface area (Å²) in [4.78, 5) is 2.25. The van der Waals surface area contributed by atoms with E-state index >= 15 is 0 Å². The van der Waals surface area contributed by atoms with E-state index in [-0.39, 0.29) is 0 Å². The highest BCUT2D eigenvalue weighted by Crippen LogP contribution is 2.31. The minimum Gasteiger partial charge on any atom is -0.388 e. The molecule has 2 heteroatoms. The Morgan fingerprint density at radius 3 is 1.89 bits per heavy atom. The number of anilines is 3. The van der Waals surface area contributed by atoms with Crippen LogP contribution in [0.25, 0.3) is 0 Å². The second-order valence-electron chi connectivity index (χ2n) is 5.10. The van der Waals surface area contributed by atoms with Crippen molar-refractivity contribution in [2.24, 2.45) is 0 Å². The van der Waals surface area contributed by atoms with Gasteiger partial charge < -0.3 is 10.2 Å². The van der Waals surface area contributed by atoms with E-state index in [9.17, 15) is 0 Å². The van der Waals surface area contributed by atoms with Crippen molar-refractivity contribution in [3.8, 4) is 0 Å². The molecule has 0 saturated carbocycles. The van der Waals surface area contributed by atoms with E-state index in [0.717, 1.165) is 5.69 Å². The summed E-state index contributed by atoms with van der Waals surface area (Å²) < 4.78 is 0. The molecule has 2 rings (SSSR count). The first-order valence-corrected chi connectivity index (χ1v) is 6.62.